The van der Waals surface area contributed by atoms with Gasteiger partial charge in [0.2, 0.25) is 0 Å². The topological polar surface area (TPSA) is 70.7 Å². The number of hydrogen-bond acceptors (Lipinski definition) is 4. The number of nitrogens with one attached hydrogen (secondary N) is 1. The van der Waals surface area contributed by atoms with E-state index in [1.807, 2.05) is 26.0 Å². The summed E-state index contributed by atoms with van der Waals surface area (Å²) in [6, 6.07) is 10.4. The Bertz CT molecular complexity index is 1050. The summed E-state index contributed by atoms with van der Waals surface area (Å²) in [5, 5.41) is 14.3. The van der Waals surface area contributed by atoms with E-state index in [1.165, 1.54) is 22.5 Å². The van der Waals surface area contributed by atoms with Crippen LogP contribution in [0.5, 0.6) is 0 Å². The standard InChI is InChI=1S/C21H20N4OS/c1-13-7-14(2)9-19(8-13)25-15(3)10-17(16(25)4)11-18(12-22)20(26)24-21-23-5-6-27-21/h5-11H,1-4H3,(H,23,24,26)/b18-11-. The molecule has 0 fully saturated rings. The van der Waals surface area contributed by atoms with Crippen molar-refractivity contribution < 1.29 is 4.79 Å². The highest BCUT2D eigenvalue weighted by Crippen LogP contribution is 2.24. The SMILES string of the molecule is Cc1cc(C)cc(-n2c(C)cc(/C=C(/C#N)C(=O)Nc3nccs3)c2C)c1. The van der Waals surface area contributed by atoms with Crippen LogP contribution in [0, 0.1) is 39.0 Å². The molecular weight excluding hydrogens is 356 g/mol. The van der Waals surface area contributed by atoms with Crippen molar-refractivity contribution in [1.29, 1.82) is 5.26 Å². The number of carbonyl (C=O) groups is 1. The molecule has 5 nitrogen and oxygen atoms in total. The Balaban J connectivity index is 1.98. The van der Waals surface area contributed by atoms with E-state index in [-0.39, 0.29) is 5.57 Å². The monoisotopic (exact) mass is 376 g/mol. The van der Waals surface area contributed by atoms with Gasteiger partial charge in [-0.05, 0) is 68.7 Å². The minimum atomic E-state index is -0.455. The average molecular weight is 376 g/mol. The van der Waals surface area contributed by atoms with Crippen LogP contribution in [-0.4, -0.2) is 15.5 Å². The molecule has 1 amide bonds. The summed E-state index contributed by atoms with van der Waals surface area (Å²) < 4.78 is 2.14. The molecule has 6 heteroatoms. The summed E-state index contributed by atoms with van der Waals surface area (Å²) in [6.07, 6.45) is 3.23. The summed E-state index contributed by atoms with van der Waals surface area (Å²) in [5.74, 6) is -0.455. The molecule has 2 heterocycles. The molecule has 0 atom stereocenters. The highest BCUT2D eigenvalue weighted by molar-refractivity contribution is 7.13. The van der Waals surface area contributed by atoms with Crippen molar-refractivity contribution in [3.63, 3.8) is 0 Å². The normalized spacial score (nSPS) is 11.3. The Morgan fingerprint density at radius 2 is 1.89 bits per heavy atom. The van der Waals surface area contributed by atoms with Crippen LogP contribution in [0.3, 0.4) is 0 Å². The molecule has 1 aromatic carbocycles. The van der Waals surface area contributed by atoms with Crippen molar-refractivity contribution in [2.24, 2.45) is 0 Å². The van der Waals surface area contributed by atoms with E-state index in [4.69, 9.17) is 0 Å². The molecule has 1 N–H and O–H groups in total. The maximum Gasteiger partial charge on any atom is 0.268 e. The van der Waals surface area contributed by atoms with Crippen molar-refractivity contribution in [2.75, 3.05) is 5.32 Å². The molecule has 0 aliphatic carbocycles. The van der Waals surface area contributed by atoms with Gasteiger partial charge in [0.05, 0.1) is 0 Å². The fraction of sp³-hybridized carbons (Fsp3) is 0.190. The molecule has 3 aromatic rings. The Hall–Kier alpha value is -3.17. The lowest BCUT2D eigenvalue weighted by Crippen LogP contribution is -2.13. The Labute approximate surface area is 162 Å². The minimum absolute atomic E-state index is 0.0471. The zero-order valence-electron chi connectivity index (χ0n) is 15.7. The van der Waals surface area contributed by atoms with Gasteiger partial charge in [-0.2, -0.15) is 5.26 Å². The summed E-state index contributed by atoms with van der Waals surface area (Å²) in [6.45, 7) is 8.15. The third-order valence-corrected chi connectivity index (χ3v) is 4.94. The number of anilines is 1. The maximum absolute atomic E-state index is 12.4. The Kier molecular flexibility index (Phi) is 5.24. The molecule has 3 rings (SSSR count). The number of benzene rings is 1. The largest absolute Gasteiger partial charge is 0.318 e. The van der Waals surface area contributed by atoms with Crippen LogP contribution in [0.15, 0.2) is 41.4 Å². The molecule has 0 spiro atoms. The van der Waals surface area contributed by atoms with E-state index < -0.39 is 5.91 Å². The molecular formula is C21H20N4OS. The van der Waals surface area contributed by atoms with Gasteiger partial charge >= 0.3 is 0 Å². The van der Waals surface area contributed by atoms with Gasteiger partial charge in [0, 0.05) is 28.7 Å². The van der Waals surface area contributed by atoms with Crippen molar-refractivity contribution >= 4 is 28.5 Å². The molecule has 0 radical (unpaired) electrons. The molecule has 0 bridgehead atoms. The van der Waals surface area contributed by atoms with E-state index >= 15 is 0 Å². The van der Waals surface area contributed by atoms with Crippen molar-refractivity contribution in [3.05, 3.63) is 69.5 Å². The first-order valence-electron chi connectivity index (χ1n) is 8.49. The summed E-state index contributed by atoms with van der Waals surface area (Å²) in [4.78, 5) is 16.4. The third-order valence-electron chi connectivity index (χ3n) is 4.25. The molecule has 0 saturated heterocycles. The molecule has 136 valence electrons. The second-order valence-corrected chi connectivity index (χ2v) is 7.36. The molecule has 0 aliphatic heterocycles. The number of amides is 1. The van der Waals surface area contributed by atoms with Crippen molar-refractivity contribution in [1.82, 2.24) is 9.55 Å². The number of carbonyl (C=O) groups excluding carboxylic acids is 1. The van der Waals surface area contributed by atoms with Crippen molar-refractivity contribution in [3.8, 4) is 11.8 Å². The van der Waals surface area contributed by atoms with E-state index in [9.17, 15) is 10.1 Å². The second-order valence-electron chi connectivity index (χ2n) is 6.47. The molecule has 27 heavy (non-hydrogen) atoms. The molecule has 0 aliphatic rings. The van der Waals surface area contributed by atoms with E-state index in [0.29, 0.717) is 5.13 Å². The summed E-state index contributed by atoms with van der Waals surface area (Å²) in [7, 11) is 0. The highest BCUT2D eigenvalue weighted by Gasteiger charge is 2.15. The quantitative estimate of drug-likeness (QED) is 0.529. The van der Waals surface area contributed by atoms with Gasteiger partial charge in [-0.15, -0.1) is 11.3 Å². The zero-order chi connectivity index (χ0) is 19.6. The van der Waals surface area contributed by atoms with Crippen LogP contribution in [0.1, 0.15) is 28.1 Å². The first-order valence-corrected chi connectivity index (χ1v) is 9.37. The van der Waals surface area contributed by atoms with Gasteiger partial charge in [-0.1, -0.05) is 6.07 Å². The summed E-state index contributed by atoms with van der Waals surface area (Å²) in [5.41, 5.74) is 6.37. The fourth-order valence-corrected chi connectivity index (χ4v) is 3.69. The fourth-order valence-electron chi connectivity index (χ4n) is 3.16. The Morgan fingerprint density at radius 3 is 2.48 bits per heavy atom. The van der Waals surface area contributed by atoms with E-state index in [2.05, 4.69) is 46.9 Å². The predicted molar refractivity (Wildman–Crippen MR) is 109 cm³/mol. The number of hydrogen-bond donors (Lipinski definition) is 1. The van der Waals surface area contributed by atoms with Crippen LogP contribution in [-0.2, 0) is 4.79 Å². The van der Waals surface area contributed by atoms with Crippen LogP contribution in [0.25, 0.3) is 11.8 Å². The third kappa shape index (κ3) is 3.99. The molecule has 0 unspecified atom stereocenters. The number of rotatable bonds is 4. The number of nitriles is 1. The van der Waals surface area contributed by atoms with Crippen molar-refractivity contribution in [2.45, 2.75) is 27.7 Å². The summed E-state index contributed by atoms with van der Waals surface area (Å²) >= 11 is 1.31. The molecule has 2 aromatic heterocycles. The lowest BCUT2D eigenvalue weighted by molar-refractivity contribution is -0.112. The number of nitrogens with zero attached hydrogens (tertiary/aromatic N) is 3. The first-order chi connectivity index (χ1) is 12.9. The van der Waals surface area contributed by atoms with Crippen LogP contribution >= 0.6 is 11.3 Å². The van der Waals surface area contributed by atoms with E-state index in [0.717, 1.165) is 22.6 Å². The Morgan fingerprint density at radius 1 is 1.19 bits per heavy atom. The van der Waals surface area contributed by atoms with Gasteiger partial charge in [0.1, 0.15) is 11.6 Å². The second kappa shape index (κ2) is 7.60. The first kappa shape index (κ1) is 18.6. The predicted octanol–water partition coefficient (Wildman–Crippen LogP) is 4.71. The van der Waals surface area contributed by atoms with E-state index in [1.54, 1.807) is 17.7 Å². The number of aryl methyl sites for hydroxylation is 3. The smallest absolute Gasteiger partial charge is 0.268 e. The lowest BCUT2D eigenvalue weighted by Gasteiger charge is -2.12. The van der Waals surface area contributed by atoms with Gasteiger partial charge in [0.25, 0.3) is 5.91 Å². The van der Waals surface area contributed by atoms with Crippen LogP contribution in [0.2, 0.25) is 0 Å². The van der Waals surface area contributed by atoms with Gasteiger partial charge < -0.3 is 4.57 Å². The highest BCUT2D eigenvalue weighted by atomic mass is 32.1. The van der Waals surface area contributed by atoms with Gasteiger partial charge in [-0.3, -0.25) is 10.1 Å². The van der Waals surface area contributed by atoms with Crippen LogP contribution in [0.4, 0.5) is 5.13 Å². The molecule has 0 saturated carbocycles. The minimum Gasteiger partial charge on any atom is -0.318 e. The lowest BCUT2D eigenvalue weighted by atomic mass is 10.1. The average Bonchev–Trinajstić information content (AvgIpc) is 3.19. The number of aromatic nitrogens is 2. The van der Waals surface area contributed by atoms with Crippen LogP contribution < -0.4 is 5.32 Å². The number of thiazole rings is 1. The maximum atomic E-state index is 12.4. The van der Waals surface area contributed by atoms with Gasteiger partial charge in [-0.25, -0.2) is 4.98 Å². The van der Waals surface area contributed by atoms with Gasteiger partial charge in [0.15, 0.2) is 5.13 Å². The zero-order valence-corrected chi connectivity index (χ0v) is 16.5.